The zero-order chi connectivity index (χ0) is 21.2. The number of amides is 2. The fourth-order valence-electron chi connectivity index (χ4n) is 3.81. The van der Waals surface area contributed by atoms with E-state index in [2.05, 4.69) is 15.9 Å². The molecule has 29 heavy (non-hydrogen) atoms. The van der Waals surface area contributed by atoms with Crippen LogP contribution in [0.1, 0.15) is 57.9 Å². The van der Waals surface area contributed by atoms with Gasteiger partial charge in [-0.2, -0.15) is 0 Å². The van der Waals surface area contributed by atoms with Gasteiger partial charge in [0.1, 0.15) is 5.60 Å². The first kappa shape index (κ1) is 21.5. The van der Waals surface area contributed by atoms with Crippen LogP contribution in [-0.2, 0) is 14.3 Å². The number of hydrogen-bond donors (Lipinski definition) is 0. The zero-order valence-electron chi connectivity index (χ0n) is 17.0. The fourth-order valence-corrected chi connectivity index (χ4v) is 4.23. The number of benzene rings is 1. The van der Waals surface area contributed by atoms with Crippen LogP contribution >= 0.6 is 15.9 Å². The van der Waals surface area contributed by atoms with Gasteiger partial charge in [-0.25, -0.2) is 9.69 Å². The van der Waals surface area contributed by atoms with Crippen molar-refractivity contribution in [3.05, 3.63) is 58.1 Å². The average Bonchev–Trinajstić information content (AvgIpc) is 2.99. The lowest BCUT2D eigenvalue weighted by atomic mass is 9.82. The Hall–Kier alpha value is -2.21. The minimum atomic E-state index is -0.700. The molecule has 0 spiro atoms. The number of ether oxygens (including phenoxy) is 1. The van der Waals surface area contributed by atoms with Crippen LogP contribution in [0.3, 0.4) is 0 Å². The molecular weight excluding hydrogens is 434 g/mol. The molecule has 1 aliphatic heterocycles. The Morgan fingerprint density at radius 1 is 1.28 bits per heavy atom. The minimum Gasteiger partial charge on any atom is -0.443 e. The van der Waals surface area contributed by atoms with Crippen molar-refractivity contribution >= 4 is 33.7 Å². The van der Waals surface area contributed by atoms with Crippen molar-refractivity contribution in [1.82, 2.24) is 4.90 Å². The number of halogens is 1. The molecule has 1 aromatic rings. The van der Waals surface area contributed by atoms with Crippen LogP contribution in [0.15, 0.2) is 52.5 Å². The molecule has 6 heteroatoms. The van der Waals surface area contributed by atoms with E-state index in [0.717, 1.165) is 28.5 Å². The molecule has 2 amide bonds. The minimum absolute atomic E-state index is 0.140. The second-order valence-electron chi connectivity index (χ2n) is 8.53. The molecule has 1 aromatic carbocycles. The lowest BCUT2D eigenvalue weighted by Gasteiger charge is -2.33. The fraction of sp³-hybridized carbons (Fsp3) is 0.435. The van der Waals surface area contributed by atoms with Crippen LogP contribution < -0.4 is 0 Å². The van der Waals surface area contributed by atoms with Crippen molar-refractivity contribution in [1.29, 1.82) is 0 Å². The highest BCUT2D eigenvalue weighted by Gasteiger charge is 2.40. The number of carbonyl (C=O) groups is 3. The molecule has 3 rings (SSSR count). The smallest absolute Gasteiger partial charge is 0.417 e. The van der Waals surface area contributed by atoms with Crippen molar-refractivity contribution in [2.75, 3.05) is 0 Å². The predicted octanol–water partition coefficient (Wildman–Crippen LogP) is 5.30. The summed E-state index contributed by atoms with van der Waals surface area (Å²) in [6.45, 7) is 5.33. The molecule has 154 valence electrons. The number of nitrogens with zero attached hydrogens (tertiary/aromatic N) is 1. The third-order valence-corrected chi connectivity index (χ3v) is 5.51. The van der Waals surface area contributed by atoms with Gasteiger partial charge < -0.3 is 4.74 Å². The largest absolute Gasteiger partial charge is 0.443 e. The second kappa shape index (κ2) is 8.66. The summed E-state index contributed by atoms with van der Waals surface area (Å²) in [4.78, 5) is 38.4. The van der Waals surface area contributed by atoms with E-state index in [9.17, 15) is 14.4 Å². The summed E-state index contributed by atoms with van der Waals surface area (Å²) < 4.78 is 6.41. The first-order chi connectivity index (χ1) is 13.6. The molecule has 2 aliphatic rings. The molecule has 1 heterocycles. The highest BCUT2D eigenvalue weighted by molar-refractivity contribution is 9.10. The molecule has 0 N–H and O–H groups in total. The first-order valence-electron chi connectivity index (χ1n) is 9.86. The molecule has 1 aliphatic carbocycles. The Morgan fingerprint density at radius 3 is 2.69 bits per heavy atom. The van der Waals surface area contributed by atoms with Gasteiger partial charge in [0, 0.05) is 22.9 Å². The number of ketones is 1. The van der Waals surface area contributed by atoms with Gasteiger partial charge in [0.15, 0.2) is 5.78 Å². The van der Waals surface area contributed by atoms with Gasteiger partial charge in [-0.1, -0.05) is 39.7 Å². The van der Waals surface area contributed by atoms with Crippen molar-refractivity contribution in [2.24, 2.45) is 0 Å². The summed E-state index contributed by atoms with van der Waals surface area (Å²) in [5.74, 6) is -0.404. The molecule has 0 bridgehead atoms. The Morgan fingerprint density at radius 2 is 2.03 bits per heavy atom. The number of imide groups is 1. The summed E-state index contributed by atoms with van der Waals surface area (Å²) in [5.41, 5.74) is 1.35. The lowest BCUT2D eigenvalue weighted by molar-refractivity contribution is -0.125. The monoisotopic (exact) mass is 459 g/mol. The maximum atomic E-state index is 12.8. The maximum Gasteiger partial charge on any atom is 0.417 e. The molecule has 2 unspecified atom stereocenters. The zero-order valence-corrected chi connectivity index (χ0v) is 18.6. The van der Waals surface area contributed by atoms with Crippen molar-refractivity contribution in [2.45, 2.75) is 64.0 Å². The summed E-state index contributed by atoms with van der Waals surface area (Å²) in [6.07, 6.45) is 7.15. The molecule has 0 fully saturated rings. The summed E-state index contributed by atoms with van der Waals surface area (Å²) in [6, 6.07) is 7.39. The Kier molecular flexibility index (Phi) is 6.42. The van der Waals surface area contributed by atoms with Gasteiger partial charge in [-0.15, -0.1) is 0 Å². The normalized spacial score (nSPS) is 20.6. The summed E-state index contributed by atoms with van der Waals surface area (Å²) in [5, 5.41) is 0. The van der Waals surface area contributed by atoms with E-state index >= 15 is 0 Å². The van der Waals surface area contributed by atoms with E-state index in [-0.39, 0.29) is 17.6 Å². The molecule has 0 aromatic heterocycles. The van der Waals surface area contributed by atoms with E-state index in [1.165, 1.54) is 11.0 Å². The second-order valence-corrected chi connectivity index (χ2v) is 9.44. The third-order valence-electron chi connectivity index (χ3n) is 5.02. The topological polar surface area (TPSA) is 63.7 Å². The number of allylic oxidation sites excluding steroid dienone is 2. The molecular formula is C23H26BrNO4. The lowest BCUT2D eigenvalue weighted by Crippen LogP contribution is -2.45. The van der Waals surface area contributed by atoms with E-state index in [0.29, 0.717) is 12.8 Å². The van der Waals surface area contributed by atoms with Crippen molar-refractivity contribution in [3.63, 3.8) is 0 Å². The Balaban J connectivity index is 1.95. The predicted molar refractivity (Wildman–Crippen MR) is 114 cm³/mol. The van der Waals surface area contributed by atoms with Crippen molar-refractivity contribution in [3.8, 4) is 0 Å². The highest BCUT2D eigenvalue weighted by Crippen LogP contribution is 2.37. The van der Waals surface area contributed by atoms with Gasteiger partial charge in [0.2, 0.25) is 0 Å². The van der Waals surface area contributed by atoms with Crippen LogP contribution in [0.25, 0.3) is 0 Å². The van der Waals surface area contributed by atoms with Gasteiger partial charge >= 0.3 is 6.09 Å². The SMILES string of the molecule is CC(C)(C)OC(=O)N1C(=O)C=CC1C(CC1=CC(=O)CCC1)c1cccc(Br)c1. The molecule has 5 nitrogen and oxygen atoms in total. The van der Waals surface area contributed by atoms with Crippen LogP contribution in [0.5, 0.6) is 0 Å². The molecule has 0 saturated carbocycles. The van der Waals surface area contributed by atoms with E-state index < -0.39 is 17.7 Å². The highest BCUT2D eigenvalue weighted by atomic mass is 79.9. The van der Waals surface area contributed by atoms with Gasteiger partial charge in [-0.05, 0) is 63.8 Å². The van der Waals surface area contributed by atoms with E-state index in [1.807, 2.05) is 24.3 Å². The number of rotatable bonds is 4. The maximum absolute atomic E-state index is 12.8. The standard InChI is InChI=1S/C23H26BrNO4/c1-23(2,3)29-22(28)25-20(10-11-21(25)27)19(16-7-5-8-17(24)14-16)13-15-6-4-9-18(26)12-15/h5,7-8,10-12,14,19-20H,4,6,9,13H2,1-3H3. The summed E-state index contributed by atoms with van der Waals surface area (Å²) in [7, 11) is 0. The average molecular weight is 460 g/mol. The van der Waals surface area contributed by atoms with Gasteiger partial charge in [0.25, 0.3) is 5.91 Å². The third kappa shape index (κ3) is 5.44. The number of carbonyl (C=O) groups excluding carboxylic acids is 3. The Bertz CT molecular complexity index is 881. The van der Waals surface area contributed by atoms with Crippen LogP contribution in [0.2, 0.25) is 0 Å². The quantitative estimate of drug-likeness (QED) is 0.612. The molecule has 0 saturated heterocycles. The number of hydrogen-bond acceptors (Lipinski definition) is 4. The van der Waals surface area contributed by atoms with Crippen LogP contribution in [0.4, 0.5) is 4.79 Å². The van der Waals surface area contributed by atoms with E-state index in [1.54, 1.807) is 32.9 Å². The molecule has 2 atom stereocenters. The van der Waals surface area contributed by atoms with Crippen LogP contribution in [-0.4, -0.2) is 34.3 Å². The Labute approximate surface area is 179 Å². The molecule has 0 radical (unpaired) electrons. The van der Waals surface area contributed by atoms with Crippen LogP contribution in [0, 0.1) is 0 Å². The van der Waals surface area contributed by atoms with Crippen molar-refractivity contribution < 1.29 is 19.1 Å². The van der Waals surface area contributed by atoms with Gasteiger partial charge in [-0.3, -0.25) is 9.59 Å². The van der Waals surface area contributed by atoms with E-state index in [4.69, 9.17) is 4.74 Å². The summed E-state index contributed by atoms with van der Waals surface area (Å²) >= 11 is 3.51. The van der Waals surface area contributed by atoms with Gasteiger partial charge in [0.05, 0.1) is 6.04 Å². The first-order valence-corrected chi connectivity index (χ1v) is 10.7.